The lowest BCUT2D eigenvalue weighted by molar-refractivity contribution is 0.0115. The lowest BCUT2D eigenvalue weighted by atomic mass is 9.99. The summed E-state index contributed by atoms with van der Waals surface area (Å²) in [6, 6.07) is 13.0. The second-order valence-corrected chi connectivity index (χ2v) is 7.14. The molecule has 2 N–H and O–H groups in total. The Kier molecular flexibility index (Phi) is 5.81. The summed E-state index contributed by atoms with van der Waals surface area (Å²) in [6.07, 6.45) is 2.59. The summed E-state index contributed by atoms with van der Waals surface area (Å²) >= 11 is 0. The van der Waals surface area contributed by atoms with Crippen LogP contribution in [0.15, 0.2) is 48.5 Å². The van der Waals surface area contributed by atoms with E-state index < -0.39 is 6.10 Å². The quantitative estimate of drug-likeness (QED) is 0.766. The average molecular weight is 383 g/mol. The number of aromatic hydroxyl groups is 1. The van der Waals surface area contributed by atoms with Gasteiger partial charge in [-0.3, -0.25) is 4.90 Å². The van der Waals surface area contributed by atoms with Crippen LogP contribution in [-0.4, -0.2) is 54.3 Å². The third kappa shape index (κ3) is 4.65. The monoisotopic (exact) mass is 383 g/mol. The zero-order valence-electron chi connectivity index (χ0n) is 15.7. The topological polar surface area (TPSA) is 71.4 Å². The predicted molar refractivity (Wildman–Crippen MR) is 105 cm³/mol. The van der Waals surface area contributed by atoms with Crippen LogP contribution in [0.25, 0.3) is 5.57 Å². The molecule has 0 aromatic heterocycles. The number of aliphatic hydroxyl groups is 1. The number of phenols is 1. The molecular formula is C22H25NO5. The highest BCUT2D eigenvalue weighted by atomic mass is 16.7. The third-order valence-corrected chi connectivity index (χ3v) is 5.02. The molecule has 0 saturated heterocycles. The summed E-state index contributed by atoms with van der Waals surface area (Å²) in [5.74, 6) is 1.78. The van der Waals surface area contributed by atoms with Crippen LogP contribution < -0.4 is 9.47 Å². The van der Waals surface area contributed by atoms with Crippen LogP contribution in [0.3, 0.4) is 0 Å². The molecule has 0 saturated carbocycles. The van der Waals surface area contributed by atoms with Crippen molar-refractivity contribution in [3.63, 3.8) is 0 Å². The zero-order chi connectivity index (χ0) is 19.3. The van der Waals surface area contributed by atoms with Crippen LogP contribution in [0.5, 0.6) is 17.2 Å². The van der Waals surface area contributed by atoms with Gasteiger partial charge in [0.15, 0.2) is 11.5 Å². The first-order valence-electron chi connectivity index (χ1n) is 9.52. The van der Waals surface area contributed by atoms with E-state index in [9.17, 15) is 10.2 Å². The number of ether oxygens (including phenoxy) is 3. The Morgan fingerprint density at radius 3 is 2.68 bits per heavy atom. The normalized spacial score (nSPS) is 17.4. The van der Waals surface area contributed by atoms with E-state index in [1.54, 1.807) is 12.1 Å². The van der Waals surface area contributed by atoms with E-state index >= 15 is 0 Å². The van der Waals surface area contributed by atoms with Crippen molar-refractivity contribution in [2.24, 2.45) is 0 Å². The summed E-state index contributed by atoms with van der Waals surface area (Å²) < 4.78 is 16.3. The van der Waals surface area contributed by atoms with Crippen molar-refractivity contribution in [2.75, 3.05) is 33.0 Å². The molecule has 28 heavy (non-hydrogen) atoms. The van der Waals surface area contributed by atoms with Crippen molar-refractivity contribution in [3.8, 4) is 17.2 Å². The first kappa shape index (κ1) is 18.8. The minimum atomic E-state index is -0.530. The van der Waals surface area contributed by atoms with Crippen LogP contribution in [-0.2, 0) is 11.3 Å². The fraction of sp³-hybridized carbons (Fsp3) is 0.364. The number of fused-ring (bicyclic) bond motifs is 1. The highest BCUT2D eigenvalue weighted by Crippen LogP contribution is 2.32. The van der Waals surface area contributed by atoms with E-state index in [0.717, 1.165) is 42.1 Å². The molecule has 6 nitrogen and oxygen atoms in total. The van der Waals surface area contributed by atoms with Gasteiger partial charge in [0.25, 0.3) is 0 Å². The summed E-state index contributed by atoms with van der Waals surface area (Å²) in [5.41, 5.74) is 3.42. The summed E-state index contributed by atoms with van der Waals surface area (Å²) in [6.45, 7) is 3.26. The smallest absolute Gasteiger partial charge is 0.231 e. The van der Waals surface area contributed by atoms with Gasteiger partial charge < -0.3 is 24.4 Å². The maximum absolute atomic E-state index is 10.3. The Hall–Kier alpha value is -2.54. The van der Waals surface area contributed by atoms with Gasteiger partial charge in [0.1, 0.15) is 5.75 Å². The summed E-state index contributed by atoms with van der Waals surface area (Å²) in [5, 5.41) is 19.7. The van der Waals surface area contributed by atoms with Crippen molar-refractivity contribution < 1.29 is 24.4 Å². The van der Waals surface area contributed by atoms with Gasteiger partial charge in [-0.05, 0) is 47.4 Å². The maximum atomic E-state index is 10.3. The van der Waals surface area contributed by atoms with Gasteiger partial charge in [-0.2, -0.15) is 0 Å². The Morgan fingerprint density at radius 2 is 1.89 bits per heavy atom. The minimum absolute atomic E-state index is 0.261. The van der Waals surface area contributed by atoms with Crippen molar-refractivity contribution in [1.29, 1.82) is 0 Å². The third-order valence-electron chi connectivity index (χ3n) is 5.02. The molecule has 1 atom stereocenters. The van der Waals surface area contributed by atoms with Gasteiger partial charge in [0.05, 0.1) is 19.3 Å². The molecular weight excluding hydrogens is 358 g/mol. The number of benzene rings is 2. The van der Waals surface area contributed by atoms with Crippen LogP contribution in [0.4, 0.5) is 0 Å². The van der Waals surface area contributed by atoms with Crippen molar-refractivity contribution >= 4 is 5.57 Å². The van der Waals surface area contributed by atoms with Crippen molar-refractivity contribution in [1.82, 2.24) is 4.90 Å². The molecule has 0 aliphatic carbocycles. The fourth-order valence-corrected chi connectivity index (χ4v) is 3.51. The van der Waals surface area contributed by atoms with Gasteiger partial charge in [0, 0.05) is 19.6 Å². The lowest BCUT2D eigenvalue weighted by Crippen LogP contribution is -2.37. The molecule has 0 spiro atoms. The highest BCUT2D eigenvalue weighted by molar-refractivity contribution is 5.67. The molecule has 0 unspecified atom stereocenters. The Labute approximate surface area is 164 Å². The van der Waals surface area contributed by atoms with Crippen LogP contribution >= 0.6 is 0 Å². The fourth-order valence-electron chi connectivity index (χ4n) is 3.51. The van der Waals surface area contributed by atoms with Crippen LogP contribution in [0.1, 0.15) is 17.5 Å². The largest absolute Gasteiger partial charge is 0.508 e. The number of hydrogen-bond acceptors (Lipinski definition) is 6. The number of β-amino-alcohol motifs (C(OH)–C–C–N with tert-alkyl or cyclic N) is 1. The molecule has 2 aliphatic heterocycles. The van der Waals surface area contributed by atoms with Crippen molar-refractivity contribution in [2.45, 2.75) is 19.1 Å². The van der Waals surface area contributed by atoms with E-state index in [1.165, 1.54) is 5.57 Å². The lowest BCUT2D eigenvalue weighted by Gasteiger charge is -2.28. The Bertz CT molecular complexity index is 833. The second kappa shape index (κ2) is 8.65. The molecule has 0 amide bonds. The van der Waals surface area contributed by atoms with Gasteiger partial charge >= 0.3 is 0 Å². The first-order chi connectivity index (χ1) is 13.7. The molecule has 2 aliphatic rings. The minimum Gasteiger partial charge on any atom is -0.508 e. The summed E-state index contributed by atoms with van der Waals surface area (Å²) in [7, 11) is 0. The first-order valence-corrected chi connectivity index (χ1v) is 9.52. The molecule has 0 fully saturated rings. The standard InChI is InChI=1S/C22H25NO5/c24-19-4-2-17(3-5-19)18-7-9-23(10-8-18)12-20(25)14-26-13-16-1-6-21-22(11-16)28-15-27-21/h1-7,11,20,24-25H,8-10,12-15H2/t20-/m1/s1. The number of phenolic OH excluding ortho intramolecular Hbond substituents is 1. The molecule has 6 heteroatoms. The second-order valence-electron chi connectivity index (χ2n) is 7.14. The zero-order valence-corrected chi connectivity index (χ0v) is 15.7. The van der Waals surface area contributed by atoms with Gasteiger partial charge in [-0.25, -0.2) is 0 Å². The number of aliphatic hydroxyl groups excluding tert-OH is 1. The van der Waals surface area contributed by atoms with E-state index in [2.05, 4.69) is 11.0 Å². The number of nitrogens with zero attached hydrogens (tertiary/aromatic N) is 1. The molecule has 4 rings (SSSR count). The maximum Gasteiger partial charge on any atom is 0.231 e. The van der Waals surface area contributed by atoms with Gasteiger partial charge in [-0.15, -0.1) is 0 Å². The van der Waals surface area contributed by atoms with Crippen molar-refractivity contribution in [3.05, 3.63) is 59.7 Å². The number of hydrogen-bond donors (Lipinski definition) is 2. The number of rotatable bonds is 7. The Morgan fingerprint density at radius 1 is 1.07 bits per heavy atom. The van der Waals surface area contributed by atoms with E-state index in [0.29, 0.717) is 19.8 Å². The average Bonchev–Trinajstić information content (AvgIpc) is 3.17. The van der Waals surface area contributed by atoms with E-state index in [4.69, 9.17) is 14.2 Å². The van der Waals surface area contributed by atoms with Gasteiger partial charge in [0.2, 0.25) is 6.79 Å². The highest BCUT2D eigenvalue weighted by Gasteiger charge is 2.17. The Balaban J connectivity index is 1.20. The summed E-state index contributed by atoms with van der Waals surface area (Å²) in [4.78, 5) is 2.22. The predicted octanol–water partition coefficient (Wildman–Crippen LogP) is 2.79. The van der Waals surface area contributed by atoms with Crippen LogP contribution in [0, 0.1) is 0 Å². The van der Waals surface area contributed by atoms with Gasteiger partial charge in [-0.1, -0.05) is 24.3 Å². The molecule has 0 bridgehead atoms. The van der Waals surface area contributed by atoms with E-state index in [-0.39, 0.29) is 12.5 Å². The molecule has 2 aromatic carbocycles. The molecule has 2 aromatic rings. The van der Waals surface area contributed by atoms with Crippen LogP contribution in [0.2, 0.25) is 0 Å². The molecule has 2 heterocycles. The van der Waals surface area contributed by atoms with E-state index in [1.807, 2.05) is 30.3 Å². The molecule has 148 valence electrons. The SMILES string of the molecule is Oc1ccc(C2=CCN(C[C@@H](O)COCc3ccc4c(c3)OCO4)CC2)cc1. The molecule has 0 radical (unpaired) electrons.